The number of hydrogen-bond donors (Lipinski definition) is 2. The van der Waals surface area contributed by atoms with E-state index >= 15 is 0 Å². The highest BCUT2D eigenvalue weighted by molar-refractivity contribution is 5.89. The van der Waals surface area contributed by atoms with Crippen LogP contribution in [-0.4, -0.2) is 29.2 Å². The Bertz CT molecular complexity index is 601. The lowest BCUT2D eigenvalue weighted by molar-refractivity contribution is -0.184. The van der Waals surface area contributed by atoms with E-state index in [0.717, 1.165) is 0 Å². The zero-order valence-corrected chi connectivity index (χ0v) is 13.1. The molecule has 2 rings (SSSR count). The van der Waals surface area contributed by atoms with E-state index in [4.69, 9.17) is 5.11 Å². The molecule has 132 valence electrons. The number of aromatic carboxylic acids is 1. The maximum Gasteiger partial charge on any atom is 0.391 e. The standard InChI is InChI=1S/C17H20F3NO3/c18-17(19,20)12-5-3-6-13(10-12)21-15(22)9-8-11-4-1-2-7-14(11)16(23)24/h1-2,4,7,12-13H,3,5-6,8-10H2,(H,21,22)(H,23,24). The van der Waals surface area contributed by atoms with Crippen molar-refractivity contribution in [1.82, 2.24) is 5.32 Å². The van der Waals surface area contributed by atoms with Gasteiger partial charge in [-0.25, -0.2) is 4.79 Å². The molecule has 24 heavy (non-hydrogen) atoms. The summed E-state index contributed by atoms with van der Waals surface area (Å²) in [6.45, 7) is 0. The molecule has 0 radical (unpaired) electrons. The normalized spacial score (nSPS) is 21.3. The Labute approximate surface area is 138 Å². The Balaban J connectivity index is 1.87. The highest BCUT2D eigenvalue weighted by Crippen LogP contribution is 2.37. The molecular formula is C17H20F3NO3. The van der Waals surface area contributed by atoms with Gasteiger partial charge in [-0.1, -0.05) is 24.6 Å². The van der Waals surface area contributed by atoms with Crippen LogP contribution in [-0.2, 0) is 11.2 Å². The molecule has 0 saturated heterocycles. The van der Waals surface area contributed by atoms with Crippen molar-refractivity contribution in [2.24, 2.45) is 5.92 Å². The highest BCUT2D eigenvalue weighted by Gasteiger charge is 2.42. The summed E-state index contributed by atoms with van der Waals surface area (Å²) >= 11 is 0. The van der Waals surface area contributed by atoms with Crippen molar-refractivity contribution in [2.75, 3.05) is 0 Å². The molecule has 0 aromatic heterocycles. The molecule has 0 aliphatic heterocycles. The first-order valence-electron chi connectivity index (χ1n) is 7.94. The predicted octanol–water partition coefficient (Wildman–Crippen LogP) is 3.55. The summed E-state index contributed by atoms with van der Waals surface area (Å²) in [6, 6.07) is 5.93. The minimum atomic E-state index is -4.22. The number of hydrogen-bond acceptors (Lipinski definition) is 2. The minimum Gasteiger partial charge on any atom is -0.478 e. The molecule has 1 fully saturated rings. The predicted molar refractivity (Wildman–Crippen MR) is 81.7 cm³/mol. The largest absolute Gasteiger partial charge is 0.478 e. The van der Waals surface area contributed by atoms with Crippen molar-refractivity contribution in [3.63, 3.8) is 0 Å². The summed E-state index contributed by atoms with van der Waals surface area (Å²) in [5, 5.41) is 11.7. The van der Waals surface area contributed by atoms with Crippen LogP contribution < -0.4 is 5.32 Å². The van der Waals surface area contributed by atoms with Crippen LogP contribution in [0, 0.1) is 5.92 Å². The second-order valence-corrected chi connectivity index (χ2v) is 6.13. The average Bonchev–Trinajstić information content (AvgIpc) is 2.52. The molecule has 7 heteroatoms. The van der Waals surface area contributed by atoms with Gasteiger partial charge in [0.05, 0.1) is 11.5 Å². The van der Waals surface area contributed by atoms with Gasteiger partial charge >= 0.3 is 12.1 Å². The molecule has 1 aromatic carbocycles. The van der Waals surface area contributed by atoms with Crippen LogP contribution in [0.1, 0.15) is 48.0 Å². The van der Waals surface area contributed by atoms with Crippen molar-refractivity contribution >= 4 is 11.9 Å². The zero-order chi connectivity index (χ0) is 17.7. The molecule has 2 N–H and O–H groups in total. The first-order valence-corrected chi connectivity index (χ1v) is 7.94. The summed E-state index contributed by atoms with van der Waals surface area (Å²) < 4.78 is 38.3. The number of carboxylic acids is 1. The minimum absolute atomic E-state index is 0.0531. The van der Waals surface area contributed by atoms with Crippen molar-refractivity contribution in [2.45, 2.75) is 50.7 Å². The number of alkyl halides is 3. The SMILES string of the molecule is O=C(CCc1ccccc1C(=O)O)NC1CCCC(C(F)(F)F)C1. The van der Waals surface area contributed by atoms with Gasteiger partial charge in [0.2, 0.25) is 5.91 Å². The van der Waals surface area contributed by atoms with Gasteiger partial charge in [0.25, 0.3) is 0 Å². The summed E-state index contributed by atoms with van der Waals surface area (Å²) in [5.41, 5.74) is 0.678. The lowest BCUT2D eigenvalue weighted by Gasteiger charge is -2.31. The smallest absolute Gasteiger partial charge is 0.391 e. The first kappa shape index (κ1) is 18.3. The maximum atomic E-state index is 12.8. The van der Waals surface area contributed by atoms with Gasteiger partial charge in [-0.05, 0) is 37.3 Å². The summed E-state index contributed by atoms with van der Waals surface area (Å²) in [5.74, 6) is -2.77. The van der Waals surface area contributed by atoms with Crippen LogP contribution in [0.5, 0.6) is 0 Å². The molecule has 1 aromatic rings. The van der Waals surface area contributed by atoms with Gasteiger partial charge in [0.15, 0.2) is 0 Å². The molecule has 1 aliphatic carbocycles. The van der Waals surface area contributed by atoms with E-state index in [2.05, 4.69) is 5.32 Å². The van der Waals surface area contributed by atoms with Crippen LogP contribution in [0.3, 0.4) is 0 Å². The topological polar surface area (TPSA) is 66.4 Å². The summed E-state index contributed by atoms with van der Waals surface area (Å²) in [4.78, 5) is 23.1. The van der Waals surface area contributed by atoms with Crippen molar-refractivity contribution in [1.29, 1.82) is 0 Å². The third-order valence-corrected chi connectivity index (χ3v) is 4.37. The summed E-state index contributed by atoms with van der Waals surface area (Å²) in [6.07, 6.45) is -2.91. The van der Waals surface area contributed by atoms with Crippen molar-refractivity contribution < 1.29 is 27.9 Å². The third-order valence-electron chi connectivity index (χ3n) is 4.37. The Hall–Kier alpha value is -2.05. The lowest BCUT2D eigenvalue weighted by Crippen LogP contribution is -2.41. The van der Waals surface area contributed by atoms with Gasteiger partial charge < -0.3 is 10.4 Å². The van der Waals surface area contributed by atoms with E-state index < -0.39 is 24.1 Å². The monoisotopic (exact) mass is 343 g/mol. The van der Waals surface area contributed by atoms with Gasteiger partial charge in [0, 0.05) is 12.5 Å². The Kier molecular flexibility index (Phi) is 5.85. The van der Waals surface area contributed by atoms with E-state index in [1.165, 1.54) is 6.07 Å². The van der Waals surface area contributed by atoms with Gasteiger partial charge in [0.1, 0.15) is 0 Å². The first-order chi connectivity index (χ1) is 11.3. The molecule has 0 bridgehead atoms. The van der Waals surface area contributed by atoms with Gasteiger partial charge in [-0.2, -0.15) is 13.2 Å². The molecular weight excluding hydrogens is 323 g/mol. The highest BCUT2D eigenvalue weighted by atomic mass is 19.4. The van der Waals surface area contributed by atoms with E-state index in [1.807, 2.05) is 0 Å². The molecule has 1 amide bonds. The van der Waals surface area contributed by atoms with Crippen molar-refractivity contribution in [3.8, 4) is 0 Å². The van der Waals surface area contributed by atoms with Gasteiger partial charge in [-0.3, -0.25) is 4.79 Å². The molecule has 4 nitrogen and oxygen atoms in total. The van der Waals surface area contributed by atoms with Crippen LogP contribution in [0.15, 0.2) is 24.3 Å². The van der Waals surface area contributed by atoms with E-state index in [-0.39, 0.29) is 37.2 Å². The van der Waals surface area contributed by atoms with E-state index in [0.29, 0.717) is 18.4 Å². The quantitative estimate of drug-likeness (QED) is 0.859. The second-order valence-electron chi connectivity index (χ2n) is 6.13. The Morgan fingerprint density at radius 3 is 2.58 bits per heavy atom. The third kappa shape index (κ3) is 4.97. The fraction of sp³-hybridized carbons (Fsp3) is 0.529. The van der Waals surface area contributed by atoms with Crippen LogP contribution in [0.25, 0.3) is 0 Å². The van der Waals surface area contributed by atoms with Crippen LogP contribution in [0.2, 0.25) is 0 Å². The zero-order valence-electron chi connectivity index (χ0n) is 13.1. The van der Waals surface area contributed by atoms with Crippen LogP contribution in [0.4, 0.5) is 13.2 Å². The number of aryl methyl sites for hydroxylation is 1. The fourth-order valence-corrected chi connectivity index (χ4v) is 3.11. The molecule has 0 heterocycles. The Morgan fingerprint density at radius 2 is 1.92 bits per heavy atom. The van der Waals surface area contributed by atoms with Crippen molar-refractivity contribution in [3.05, 3.63) is 35.4 Å². The number of carbonyl (C=O) groups excluding carboxylic acids is 1. The number of halogens is 3. The second kappa shape index (κ2) is 7.68. The fourth-order valence-electron chi connectivity index (χ4n) is 3.11. The number of carbonyl (C=O) groups is 2. The molecule has 1 aliphatic rings. The lowest BCUT2D eigenvalue weighted by atomic mass is 9.85. The maximum absolute atomic E-state index is 12.8. The van der Waals surface area contributed by atoms with E-state index in [9.17, 15) is 22.8 Å². The number of nitrogens with one attached hydrogen (secondary N) is 1. The molecule has 2 atom stereocenters. The van der Waals surface area contributed by atoms with E-state index in [1.54, 1.807) is 18.2 Å². The molecule has 2 unspecified atom stereocenters. The number of rotatable bonds is 5. The van der Waals surface area contributed by atoms with Gasteiger partial charge in [-0.15, -0.1) is 0 Å². The number of benzene rings is 1. The van der Waals surface area contributed by atoms with Crippen LogP contribution >= 0.6 is 0 Å². The number of amides is 1. The summed E-state index contributed by atoms with van der Waals surface area (Å²) in [7, 11) is 0. The Morgan fingerprint density at radius 1 is 1.21 bits per heavy atom. The average molecular weight is 343 g/mol. The number of carboxylic acid groups (broad SMARTS) is 1. The molecule has 1 saturated carbocycles. The molecule has 0 spiro atoms.